The van der Waals surface area contributed by atoms with Crippen molar-refractivity contribution in [3.8, 4) is 11.8 Å². The molecule has 0 saturated heterocycles. The summed E-state index contributed by atoms with van der Waals surface area (Å²) in [5, 5.41) is 5.32. The van der Waals surface area contributed by atoms with Crippen molar-refractivity contribution in [2.24, 2.45) is 11.8 Å². The van der Waals surface area contributed by atoms with E-state index in [4.69, 9.17) is 23.7 Å². The highest BCUT2D eigenvalue weighted by molar-refractivity contribution is 8.77. The lowest BCUT2D eigenvalue weighted by molar-refractivity contribution is 0.0462. The largest absolute Gasteiger partial charge is 0.450 e. The number of carbonyl (C=O) groups excluding carboxylic acids is 2. The molecule has 0 bridgehead atoms. The first-order valence-electron chi connectivity index (χ1n) is 14.4. The molecule has 2 N–H and O–H groups in total. The molecule has 0 heterocycles. The van der Waals surface area contributed by atoms with E-state index < -0.39 is 12.2 Å². The van der Waals surface area contributed by atoms with Crippen molar-refractivity contribution < 1.29 is 33.3 Å². The third kappa shape index (κ3) is 28.2. The molecule has 0 aliphatic carbocycles. The fraction of sp³-hybridized carbons (Fsp3) is 0.862. The van der Waals surface area contributed by atoms with E-state index in [-0.39, 0.29) is 16.1 Å². The average molecular weight is 607 g/mol. The molecule has 0 fully saturated rings. The molecule has 1 unspecified atom stereocenters. The Morgan fingerprint density at radius 2 is 1.45 bits per heavy atom. The lowest BCUT2D eigenvalue weighted by Crippen LogP contribution is -2.29. The lowest BCUT2D eigenvalue weighted by atomic mass is 10.1. The summed E-state index contributed by atoms with van der Waals surface area (Å²) in [4.78, 5) is 23.5. The second kappa shape index (κ2) is 25.4. The van der Waals surface area contributed by atoms with Crippen molar-refractivity contribution in [2.45, 2.75) is 90.8 Å². The van der Waals surface area contributed by atoms with Gasteiger partial charge in [-0.05, 0) is 58.8 Å². The van der Waals surface area contributed by atoms with Crippen LogP contribution in [0.2, 0.25) is 0 Å². The highest BCUT2D eigenvalue weighted by Gasteiger charge is 2.21. The van der Waals surface area contributed by atoms with Crippen LogP contribution in [-0.4, -0.2) is 81.7 Å². The van der Waals surface area contributed by atoms with Gasteiger partial charge in [-0.2, -0.15) is 0 Å². The van der Waals surface area contributed by atoms with E-state index >= 15 is 0 Å². The van der Waals surface area contributed by atoms with E-state index in [0.717, 1.165) is 32.3 Å². The summed E-state index contributed by atoms with van der Waals surface area (Å²) < 4.78 is 27.2. The average Bonchev–Trinajstić information content (AvgIpc) is 2.88. The molecular formula is C29H54N2O7S2. The Morgan fingerprint density at radius 1 is 0.800 bits per heavy atom. The van der Waals surface area contributed by atoms with E-state index in [1.165, 1.54) is 6.42 Å². The van der Waals surface area contributed by atoms with Gasteiger partial charge >= 0.3 is 12.2 Å². The first-order valence-corrected chi connectivity index (χ1v) is 16.6. The van der Waals surface area contributed by atoms with Crippen LogP contribution in [0.5, 0.6) is 0 Å². The zero-order valence-corrected chi connectivity index (χ0v) is 27.4. The van der Waals surface area contributed by atoms with Crippen molar-refractivity contribution >= 4 is 33.8 Å². The molecular weight excluding hydrogens is 552 g/mol. The summed E-state index contributed by atoms with van der Waals surface area (Å²) in [6, 6.07) is 0. The number of hydrogen-bond donors (Lipinski definition) is 2. The summed E-state index contributed by atoms with van der Waals surface area (Å²) in [6.07, 6.45) is 3.63. The van der Waals surface area contributed by atoms with Gasteiger partial charge < -0.3 is 34.3 Å². The Kier molecular flexibility index (Phi) is 24.6. The van der Waals surface area contributed by atoms with E-state index in [2.05, 4.69) is 50.2 Å². The van der Waals surface area contributed by atoms with Gasteiger partial charge in [0, 0.05) is 30.4 Å². The van der Waals surface area contributed by atoms with Gasteiger partial charge in [0.25, 0.3) is 0 Å². The zero-order chi connectivity index (χ0) is 30.1. The predicted molar refractivity (Wildman–Crippen MR) is 166 cm³/mol. The highest BCUT2D eigenvalue weighted by Crippen LogP contribution is 2.40. The summed E-state index contributed by atoms with van der Waals surface area (Å²) in [6.45, 7) is 18.9. The van der Waals surface area contributed by atoms with Crippen LogP contribution in [-0.2, 0) is 23.7 Å². The smallest absolute Gasteiger partial charge is 0.407 e. The molecule has 0 aliphatic rings. The standard InChI is InChI=1S/C29H54N2O7S2/c1-24(2)12-10-15-30-27(32)37-19-9-8-18-36-26(5)39-40-29(6,7)14-20-38-28(33)31-16-21-35-23-22-34-17-11-13-25(3)4/h24-26H,8-9,11,13-23H2,1-7H3,(H,30,32)(H,31,33). The first kappa shape index (κ1) is 38.7. The second-order valence-electron chi connectivity index (χ2n) is 10.6. The molecule has 2 amide bonds. The van der Waals surface area contributed by atoms with Gasteiger partial charge in [0.15, 0.2) is 0 Å². The molecule has 0 aromatic heterocycles. The van der Waals surface area contributed by atoms with Gasteiger partial charge in [0.05, 0.1) is 39.6 Å². The minimum atomic E-state index is -0.443. The van der Waals surface area contributed by atoms with Crippen molar-refractivity contribution in [1.29, 1.82) is 0 Å². The van der Waals surface area contributed by atoms with Crippen molar-refractivity contribution in [3.05, 3.63) is 0 Å². The molecule has 1 atom stereocenters. The van der Waals surface area contributed by atoms with Crippen LogP contribution >= 0.6 is 21.6 Å². The summed E-state index contributed by atoms with van der Waals surface area (Å²) in [5.74, 6) is 6.85. The summed E-state index contributed by atoms with van der Waals surface area (Å²) >= 11 is 0. The van der Waals surface area contributed by atoms with Crippen LogP contribution in [0.1, 0.15) is 80.6 Å². The third-order valence-electron chi connectivity index (χ3n) is 5.14. The van der Waals surface area contributed by atoms with Gasteiger partial charge in [0.2, 0.25) is 0 Å². The Balaban J connectivity index is 3.67. The molecule has 0 aromatic carbocycles. The number of carbonyl (C=O) groups is 2. The maximum absolute atomic E-state index is 11.9. The Morgan fingerprint density at radius 3 is 2.15 bits per heavy atom. The topological polar surface area (TPSA) is 104 Å². The van der Waals surface area contributed by atoms with Crippen molar-refractivity contribution in [1.82, 2.24) is 10.6 Å². The zero-order valence-electron chi connectivity index (χ0n) is 25.8. The maximum Gasteiger partial charge on any atom is 0.407 e. The number of unbranched alkanes of at least 4 members (excludes halogenated alkanes) is 1. The highest BCUT2D eigenvalue weighted by atomic mass is 33.1. The minimum absolute atomic E-state index is 0.0164. The second-order valence-corrected chi connectivity index (χ2v) is 13.8. The van der Waals surface area contributed by atoms with Crippen LogP contribution in [0.15, 0.2) is 0 Å². The minimum Gasteiger partial charge on any atom is -0.450 e. The van der Waals surface area contributed by atoms with Crippen LogP contribution in [0.3, 0.4) is 0 Å². The molecule has 0 aliphatic heterocycles. The van der Waals surface area contributed by atoms with Gasteiger partial charge in [0.1, 0.15) is 5.44 Å². The normalized spacial score (nSPS) is 12.1. The SMILES string of the molecule is CC(C)C#CCNC(=O)OCCCCOC(C)SSC(C)(C)CCOC(=O)NCCOCCOCCCC(C)C. The van der Waals surface area contributed by atoms with E-state index in [1.807, 2.05) is 20.8 Å². The van der Waals surface area contributed by atoms with E-state index in [9.17, 15) is 9.59 Å². The van der Waals surface area contributed by atoms with Crippen LogP contribution < -0.4 is 10.6 Å². The van der Waals surface area contributed by atoms with Gasteiger partial charge in [-0.15, -0.1) is 0 Å². The van der Waals surface area contributed by atoms with Crippen LogP contribution in [0, 0.1) is 23.7 Å². The molecule has 40 heavy (non-hydrogen) atoms. The Hall–Kier alpha value is -1.32. The van der Waals surface area contributed by atoms with Crippen molar-refractivity contribution in [3.63, 3.8) is 0 Å². The lowest BCUT2D eigenvalue weighted by Gasteiger charge is -2.24. The van der Waals surface area contributed by atoms with Crippen LogP contribution in [0.4, 0.5) is 9.59 Å². The predicted octanol–water partition coefficient (Wildman–Crippen LogP) is 6.26. The number of amides is 2. The molecule has 0 rings (SSSR count). The van der Waals surface area contributed by atoms with Crippen molar-refractivity contribution in [2.75, 3.05) is 59.3 Å². The molecule has 234 valence electrons. The number of hydrogen-bond acceptors (Lipinski definition) is 9. The van der Waals surface area contributed by atoms with Gasteiger partial charge in [-0.1, -0.05) is 61.1 Å². The first-order chi connectivity index (χ1) is 19.0. The third-order valence-corrected chi connectivity index (χ3v) is 8.75. The Bertz CT molecular complexity index is 712. The Labute approximate surface area is 251 Å². The number of rotatable bonds is 23. The molecule has 9 nitrogen and oxygen atoms in total. The molecule has 0 aromatic rings. The number of nitrogens with one attached hydrogen (secondary N) is 2. The van der Waals surface area contributed by atoms with E-state index in [1.54, 1.807) is 21.6 Å². The number of ether oxygens (including phenoxy) is 5. The molecule has 0 spiro atoms. The monoisotopic (exact) mass is 606 g/mol. The quantitative estimate of drug-likeness (QED) is 0.0603. The summed E-state index contributed by atoms with van der Waals surface area (Å²) in [5.41, 5.74) is 0.0164. The molecule has 11 heteroatoms. The number of alkyl carbamates (subject to hydrolysis) is 2. The summed E-state index contributed by atoms with van der Waals surface area (Å²) in [7, 11) is 3.37. The van der Waals surface area contributed by atoms with E-state index in [0.29, 0.717) is 58.6 Å². The van der Waals surface area contributed by atoms with Gasteiger partial charge in [-0.25, -0.2) is 9.59 Å². The maximum atomic E-state index is 11.9. The van der Waals surface area contributed by atoms with Crippen LogP contribution in [0.25, 0.3) is 0 Å². The fourth-order valence-corrected chi connectivity index (χ4v) is 5.21. The molecule has 0 radical (unpaired) electrons. The molecule has 0 saturated carbocycles. The van der Waals surface area contributed by atoms with Gasteiger partial charge in [-0.3, -0.25) is 0 Å². The fourth-order valence-electron chi connectivity index (χ4n) is 2.89.